The Hall–Kier alpha value is -2.28. The van der Waals surface area contributed by atoms with E-state index in [2.05, 4.69) is 11.4 Å². The molecule has 0 aromatic heterocycles. The van der Waals surface area contributed by atoms with E-state index >= 15 is 0 Å². The number of benzene rings is 1. The molecule has 0 saturated heterocycles. The number of rotatable bonds is 2. The first-order valence-electron chi connectivity index (χ1n) is 7.20. The van der Waals surface area contributed by atoms with E-state index in [0.717, 1.165) is 25.1 Å². The Bertz CT molecular complexity index is 605. The highest BCUT2D eigenvalue weighted by molar-refractivity contribution is 5.98. The summed E-state index contributed by atoms with van der Waals surface area (Å²) in [5.41, 5.74) is 2.13. The molecule has 110 valence electrons. The maximum atomic E-state index is 12.1. The Kier molecular flexibility index (Phi) is 4.32. The van der Waals surface area contributed by atoms with Crippen LogP contribution in [-0.2, 0) is 11.2 Å². The van der Waals surface area contributed by atoms with Gasteiger partial charge in [0.05, 0.1) is 0 Å². The van der Waals surface area contributed by atoms with Crippen LogP contribution >= 0.6 is 0 Å². The van der Waals surface area contributed by atoms with Gasteiger partial charge in [-0.3, -0.25) is 4.79 Å². The van der Waals surface area contributed by atoms with Crippen molar-refractivity contribution in [2.45, 2.75) is 39.2 Å². The zero-order chi connectivity index (χ0) is 15.5. The molecule has 21 heavy (non-hydrogen) atoms. The molecule has 0 atom stereocenters. The lowest BCUT2D eigenvalue weighted by atomic mass is 10.0. The molecular weight excluding hydrogens is 262 g/mol. The molecule has 0 radical (unpaired) electrons. The zero-order valence-corrected chi connectivity index (χ0v) is 12.8. The summed E-state index contributed by atoms with van der Waals surface area (Å²) in [4.78, 5) is 14.1. The summed E-state index contributed by atoms with van der Waals surface area (Å²) in [7, 11) is 0. The van der Waals surface area contributed by atoms with Gasteiger partial charge in [-0.2, -0.15) is 5.26 Å². The summed E-state index contributed by atoms with van der Waals surface area (Å²) in [6, 6.07) is 10.1. The number of nitriles is 1. The fourth-order valence-corrected chi connectivity index (χ4v) is 2.40. The van der Waals surface area contributed by atoms with Gasteiger partial charge in [-0.05, 0) is 45.2 Å². The van der Waals surface area contributed by atoms with Gasteiger partial charge >= 0.3 is 0 Å². The Morgan fingerprint density at radius 2 is 2.10 bits per heavy atom. The largest absolute Gasteiger partial charge is 0.347 e. The summed E-state index contributed by atoms with van der Waals surface area (Å²) in [5, 5.41) is 12.1. The van der Waals surface area contributed by atoms with Gasteiger partial charge in [0.2, 0.25) is 0 Å². The second-order valence-corrected chi connectivity index (χ2v) is 6.28. The van der Waals surface area contributed by atoms with Crippen molar-refractivity contribution in [3.8, 4) is 6.07 Å². The van der Waals surface area contributed by atoms with Crippen molar-refractivity contribution < 1.29 is 4.79 Å². The van der Waals surface area contributed by atoms with E-state index in [-0.39, 0.29) is 17.0 Å². The third-order valence-corrected chi connectivity index (χ3v) is 3.28. The van der Waals surface area contributed by atoms with Crippen LogP contribution in [0.3, 0.4) is 0 Å². The van der Waals surface area contributed by atoms with Crippen molar-refractivity contribution in [3.05, 3.63) is 41.6 Å². The van der Waals surface area contributed by atoms with Crippen LogP contribution in [0.2, 0.25) is 0 Å². The molecule has 1 heterocycles. The molecule has 4 nitrogen and oxygen atoms in total. The third kappa shape index (κ3) is 3.85. The first-order valence-corrected chi connectivity index (χ1v) is 7.20. The summed E-state index contributed by atoms with van der Waals surface area (Å²) in [6.07, 6.45) is 3.72. The van der Waals surface area contributed by atoms with Crippen LogP contribution in [0.5, 0.6) is 0 Å². The van der Waals surface area contributed by atoms with Gasteiger partial charge < -0.3 is 10.2 Å². The Balaban J connectivity index is 2.26. The summed E-state index contributed by atoms with van der Waals surface area (Å²) < 4.78 is 0. The summed E-state index contributed by atoms with van der Waals surface area (Å²) in [6.45, 7) is 6.52. The van der Waals surface area contributed by atoms with Crippen molar-refractivity contribution in [1.29, 1.82) is 5.26 Å². The Morgan fingerprint density at radius 1 is 1.38 bits per heavy atom. The highest BCUT2D eigenvalue weighted by Gasteiger charge is 2.20. The molecule has 2 rings (SSSR count). The molecule has 0 saturated carbocycles. The maximum absolute atomic E-state index is 12.1. The van der Waals surface area contributed by atoms with Crippen LogP contribution < -0.4 is 10.2 Å². The molecule has 0 bridgehead atoms. The number of carbonyl (C=O) groups excluding carboxylic acids is 1. The number of nitrogens with one attached hydrogen (secondary N) is 1. The van der Waals surface area contributed by atoms with Crippen molar-refractivity contribution in [2.75, 3.05) is 11.4 Å². The third-order valence-electron chi connectivity index (χ3n) is 3.28. The van der Waals surface area contributed by atoms with Gasteiger partial charge in [-0.15, -0.1) is 0 Å². The van der Waals surface area contributed by atoms with Crippen LogP contribution in [0.15, 0.2) is 36.0 Å². The van der Waals surface area contributed by atoms with Crippen LogP contribution in [-0.4, -0.2) is 18.0 Å². The van der Waals surface area contributed by atoms with Crippen LogP contribution in [0.25, 0.3) is 0 Å². The maximum Gasteiger partial charge on any atom is 0.263 e. The van der Waals surface area contributed by atoms with Gasteiger partial charge in [0.1, 0.15) is 11.6 Å². The number of hydrogen-bond acceptors (Lipinski definition) is 3. The average Bonchev–Trinajstić information content (AvgIpc) is 2.42. The SMILES string of the molecule is CC(C)(C)NC(=O)/C(C#N)=C\N1CCCc2ccccc21. The van der Waals surface area contributed by atoms with E-state index < -0.39 is 0 Å². The molecule has 0 fully saturated rings. The van der Waals surface area contributed by atoms with Crippen LogP contribution in [0.4, 0.5) is 5.69 Å². The van der Waals surface area contributed by atoms with Gasteiger partial charge in [-0.25, -0.2) is 0 Å². The van der Waals surface area contributed by atoms with Crippen molar-refractivity contribution in [2.24, 2.45) is 0 Å². The second-order valence-electron chi connectivity index (χ2n) is 6.28. The standard InChI is InChI=1S/C17H21N3O/c1-17(2,3)19-16(21)14(11-18)12-20-10-6-8-13-7-4-5-9-15(13)20/h4-5,7,9,12H,6,8,10H2,1-3H3,(H,19,21)/b14-12-. The Labute approximate surface area is 126 Å². The fourth-order valence-electron chi connectivity index (χ4n) is 2.40. The summed E-state index contributed by atoms with van der Waals surface area (Å²) >= 11 is 0. The molecule has 1 aliphatic rings. The normalized spacial score (nSPS) is 15.1. The van der Waals surface area contributed by atoms with E-state index in [4.69, 9.17) is 0 Å². The molecule has 1 N–H and O–H groups in total. The van der Waals surface area contributed by atoms with E-state index in [1.165, 1.54) is 5.56 Å². The minimum absolute atomic E-state index is 0.140. The monoisotopic (exact) mass is 283 g/mol. The first kappa shape index (κ1) is 15.1. The van der Waals surface area contributed by atoms with E-state index in [0.29, 0.717) is 0 Å². The van der Waals surface area contributed by atoms with Crippen LogP contribution in [0, 0.1) is 11.3 Å². The molecular formula is C17H21N3O. The van der Waals surface area contributed by atoms with Crippen LogP contribution in [0.1, 0.15) is 32.8 Å². The number of aryl methyl sites for hydroxylation is 1. The number of amides is 1. The fraction of sp³-hybridized carbons (Fsp3) is 0.412. The lowest BCUT2D eigenvalue weighted by molar-refractivity contribution is -0.118. The molecule has 4 heteroatoms. The predicted octanol–water partition coefficient (Wildman–Crippen LogP) is 2.76. The average molecular weight is 283 g/mol. The molecule has 0 unspecified atom stereocenters. The number of nitrogens with zero attached hydrogens (tertiary/aromatic N) is 2. The van der Waals surface area contributed by atoms with Crippen molar-refractivity contribution in [1.82, 2.24) is 5.32 Å². The number of hydrogen-bond donors (Lipinski definition) is 1. The molecule has 1 aromatic carbocycles. The van der Waals surface area contributed by atoms with Crippen molar-refractivity contribution in [3.63, 3.8) is 0 Å². The minimum atomic E-state index is -0.354. The highest BCUT2D eigenvalue weighted by atomic mass is 16.1. The van der Waals surface area contributed by atoms with Gasteiger partial charge in [0.15, 0.2) is 0 Å². The number of anilines is 1. The first-order chi connectivity index (χ1) is 9.90. The van der Waals surface area contributed by atoms with E-state index in [1.807, 2.05) is 49.9 Å². The topological polar surface area (TPSA) is 56.1 Å². The number of para-hydroxylation sites is 1. The molecule has 0 spiro atoms. The molecule has 1 amide bonds. The van der Waals surface area contributed by atoms with Gasteiger partial charge in [0.25, 0.3) is 5.91 Å². The van der Waals surface area contributed by atoms with Gasteiger partial charge in [0, 0.05) is 24.0 Å². The zero-order valence-electron chi connectivity index (χ0n) is 12.8. The predicted molar refractivity (Wildman–Crippen MR) is 83.7 cm³/mol. The second kappa shape index (κ2) is 6.01. The molecule has 1 aromatic rings. The highest BCUT2D eigenvalue weighted by Crippen LogP contribution is 2.27. The molecule has 0 aliphatic carbocycles. The smallest absolute Gasteiger partial charge is 0.263 e. The van der Waals surface area contributed by atoms with E-state index in [9.17, 15) is 10.1 Å². The Morgan fingerprint density at radius 3 is 2.76 bits per heavy atom. The lowest BCUT2D eigenvalue weighted by Gasteiger charge is -2.28. The van der Waals surface area contributed by atoms with Gasteiger partial charge in [-0.1, -0.05) is 18.2 Å². The summed E-state index contributed by atoms with van der Waals surface area (Å²) in [5.74, 6) is -0.326. The number of carbonyl (C=O) groups is 1. The molecule has 1 aliphatic heterocycles. The number of fused-ring (bicyclic) bond motifs is 1. The minimum Gasteiger partial charge on any atom is -0.347 e. The quantitative estimate of drug-likeness (QED) is 0.670. The lowest BCUT2D eigenvalue weighted by Crippen LogP contribution is -2.41. The van der Waals surface area contributed by atoms with Crippen molar-refractivity contribution >= 4 is 11.6 Å². The van der Waals surface area contributed by atoms with E-state index in [1.54, 1.807) is 6.20 Å².